The van der Waals surface area contributed by atoms with Crippen molar-refractivity contribution in [2.24, 2.45) is 4.99 Å². The zero-order chi connectivity index (χ0) is 13.9. The van der Waals surface area contributed by atoms with Gasteiger partial charge in [-0.2, -0.15) is 0 Å². The third-order valence-corrected chi connectivity index (χ3v) is 3.22. The van der Waals surface area contributed by atoms with Crippen molar-refractivity contribution in [3.8, 4) is 0 Å². The van der Waals surface area contributed by atoms with Crippen molar-refractivity contribution in [2.75, 3.05) is 20.7 Å². The molecule has 0 amide bonds. The molecule has 106 valence electrons. The summed E-state index contributed by atoms with van der Waals surface area (Å²) in [5.41, 5.74) is 1.48. The maximum absolute atomic E-state index is 5.78. The number of hydrogen-bond donors (Lipinski definition) is 0. The molecule has 0 radical (unpaired) electrons. The Bertz CT molecular complexity index is 614. The smallest absolute Gasteiger partial charge is 0.184 e. The lowest BCUT2D eigenvalue weighted by atomic mass is 10.2. The number of rotatable bonds is 3. The third-order valence-electron chi connectivity index (χ3n) is 3.22. The highest BCUT2D eigenvalue weighted by atomic mass is 16.5. The molecule has 3 rings (SSSR count). The molecule has 1 aliphatic heterocycles. The number of hydrogen-bond acceptors (Lipinski definition) is 5. The minimum atomic E-state index is 0.0225. The van der Waals surface area contributed by atoms with Crippen LogP contribution in [0.3, 0.4) is 0 Å². The molecule has 1 aliphatic rings. The fourth-order valence-corrected chi connectivity index (χ4v) is 2.26. The molecule has 0 spiro atoms. The van der Waals surface area contributed by atoms with E-state index in [0.717, 1.165) is 25.1 Å². The van der Waals surface area contributed by atoms with Gasteiger partial charge in [-0.3, -0.25) is 4.57 Å². The van der Waals surface area contributed by atoms with Crippen LogP contribution in [0.2, 0.25) is 0 Å². The van der Waals surface area contributed by atoms with Crippen molar-refractivity contribution >= 4 is 23.3 Å². The minimum absolute atomic E-state index is 0.0225. The lowest BCUT2D eigenvalue weighted by molar-refractivity contribution is -0.0298. The van der Waals surface area contributed by atoms with E-state index >= 15 is 0 Å². The second-order valence-corrected chi connectivity index (χ2v) is 5.05. The van der Waals surface area contributed by atoms with Crippen molar-refractivity contribution in [1.82, 2.24) is 24.4 Å². The molecule has 2 aromatic heterocycles. The van der Waals surface area contributed by atoms with Crippen molar-refractivity contribution in [3.05, 3.63) is 12.7 Å². The van der Waals surface area contributed by atoms with Gasteiger partial charge in [0.25, 0.3) is 0 Å². The summed E-state index contributed by atoms with van der Waals surface area (Å²) in [6.07, 6.45) is 8.30. The van der Waals surface area contributed by atoms with E-state index in [-0.39, 0.29) is 6.23 Å². The van der Waals surface area contributed by atoms with E-state index in [1.54, 1.807) is 12.7 Å². The Hall–Kier alpha value is -2.02. The summed E-state index contributed by atoms with van der Waals surface area (Å²) in [7, 11) is 3.83. The molecule has 20 heavy (non-hydrogen) atoms. The van der Waals surface area contributed by atoms with Gasteiger partial charge in [0.2, 0.25) is 0 Å². The van der Waals surface area contributed by atoms with Gasteiger partial charge < -0.3 is 9.64 Å². The normalized spacial score (nSPS) is 19.8. The Morgan fingerprint density at radius 3 is 3.00 bits per heavy atom. The van der Waals surface area contributed by atoms with Gasteiger partial charge in [-0.05, 0) is 19.3 Å². The Morgan fingerprint density at radius 1 is 1.35 bits per heavy atom. The first kappa shape index (κ1) is 13.0. The van der Waals surface area contributed by atoms with Crippen LogP contribution in [-0.2, 0) is 4.74 Å². The van der Waals surface area contributed by atoms with E-state index in [1.165, 1.54) is 12.7 Å². The van der Waals surface area contributed by atoms with Crippen LogP contribution in [0.15, 0.2) is 17.6 Å². The van der Waals surface area contributed by atoms with E-state index in [2.05, 4.69) is 19.9 Å². The molecule has 0 bridgehead atoms. The van der Waals surface area contributed by atoms with Crippen molar-refractivity contribution < 1.29 is 4.74 Å². The Kier molecular flexibility index (Phi) is 3.60. The van der Waals surface area contributed by atoms with Gasteiger partial charge in [-0.1, -0.05) is 0 Å². The Labute approximate surface area is 117 Å². The molecule has 0 aliphatic carbocycles. The predicted octanol–water partition coefficient (Wildman–Crippen LogP) is 1.75. The van der Waals surface area contributed by atoms with Crippen LogP contribution < -0.4 is 0 Å². The first-order valence-electron chi connectivity index (χ1n) is 6.75. The highest BCUT2D eigenvalue weighted by Crippen LogP contribution is 2.27. The molecule has 7 nitrogen and oxygen atoms in total. The Morgan fingerprint density at radius 2 is 2.25 bits per heavy atom. The molecule has 0 N–H and O–H groups in total. The zero-order valence-corrected chi connectivity index (χ0v) is 11.7. The molecule has 1 saturated heterocycles. The van der Waals surface area contributed by atoms with Gasteiger partial charge in [0.1, 0.15) is 12.6 Å². The molecule has 0 aromatic carbocycles. The summed E-state index contributed by atoms with van der Waals surface area (Å²) in [6, 6.07) is 0. The second kappa shape index (κ2) is 5.54. The third kappa shape index (κ3) is 2.49. The topological polar surface area (TPSA) is 68.4 Å². The molecular formula is C13H18N6O. The molecule has 0 saturated carbocycles. The lowest BCUT2D eigenvalue weighted by Crippen LogP contribution is -2.17. The fraction of sp³-hybridized carbons (Fsp3) is 0.538. The van der Waals surface area contributed by atoms with Gasteiger partial charge in [-0.15, -0.1) is 0 Å². The highest BCUT2D eigenvalue weighted by molar-refractivity contribution is 5.82. The van der Waals surface area contributed by atoms with Gasteiger partial charge in [0, 0.05) is 20.7 Å². The Balaban J connectivity index is 1.98. The SMILES string of the molecule is CN(C)C=Nc1ncnc2c1ncn2C1CCCCO1. The monoisotopic (exact) mass is 274 g/mol. The van der Waals surface area contributed by atoms with Gasteiger partial charge >= 0.3 is 0 Å². The van der Waals surface area contributed by atoms with Gasteiger partial charge in [0.05, 0.1) is 12.7 Å². The quantitative estimate of drug-likeness (QED) is 0.630. The average molecular weight is 274 g/mol. The highest BCUT2D eigenvalue weighted by Gasteiger charge is 2.19. The molecule has 3 heterocycles. The summed E-state index contributed by atoms with van der Waals surface area (Å²) >= 11 is 0. The van der Waals surface area contributed by atoms with E-state index in [1.807, 2.05) is 23.6 Å². The predicted molar refractivity (Wildman–Crippen MR) is 76.0 cm³/mol. The average Bonchev–Trinajstić information content (AvgIpc) is 2.90. The molecule has 7 heteroatoms. The fourth-order valence-electron chi connectivity index (χ4n) is 2.26. The largest absolute Gasteiger partial charge is 0.369 e. The number of imidazole rings is 1. The lowest BCUT2D eigenvalue weighted by Gasteiger charge is -2.23. The standard InChI is InChI=1S/C13H18N6O/c1-18(2)8-17-12-11-13(15-7-14-12)19(9-16-11)10-5-3-4-6-20-10/h7-10H,3-6H2,1-2H3. The van der Waals surface area contributed by atoms with Crippen LogP contribution >= 0.6 is 0 Å². The zero-order valence-electron chi connectivity index (χ0n) is 11.7. The number of aliphatic imine (C=N–C) groups is 1. The summed E-state index contributed by atoms with van der Waals surface area (Å²) in [4.78, 5) is 19.1. The first-order valence-corrected chi connectivity index (χ1v) is 6.75. The van der Waals surface area contributed by atoms with Crippen LogP contribution in [0.5, 0.6) is 0 Å². The van der Waals surface area contributed by atoms with E-state index in [0.29, 0.717) is 11.3 Å². The molecule has 1 unspecified atom stereocenters. The number of nitrogens with zero attached hydrogens (tertiary/aromatic N) is 6. The van der Waals surface area contributed by atoms with Crippen molar-refractivity contribution in [2.45, 2.75) is 25.5 Å². The molecule has 1 atom stereocenters. The number of aromatic nitrogens is 4. The van der Waals surface area contributed by atoms with E-state index in [9.17, 15) is 0 Å². The number of fused-ring (bicyclic) bond motifs is 1. The van der Waals surface area contributed by atoms with Crippen molar-refractivity contribution in [3.63, 3.8) is 0 Å². The molecule has 1 fully saturated rings. The summed E-state index contributed by atoms with van der Waals surface area (Å²) in [6.45, 7) is 0.793. The van der Waals surface area contributed by atoms with Gasteiger partial charge in [-0.25, -0.2) is 19.9 Å². The summed E-state index contributed by atoms with van der Waals surface area (Å²) in [5, 5.41) is 0. The van der Waals surface area contributed by atoms with Crippen LogP contribution in [0.4, 0.5) is 5.82 Å². The van der Waals surface area contributed by atoms with Crippen molar-refractivity contribution in [1.29, 1.82) is 0 Å². The minimum Gasteiger partial charge on any atom is -0.369 e. The van der Waals surface area contributed by atoms with Crippen LogP contribution in [0.25, 0.3) is 11.2 Å². The molecular weight excluding hydrogens is 256 g/mol. The summed E-state index contributed by atoms with van der Waals surface area (Å²) < 4.78 is 7.76. The van der Waals surface area contributed by atoms with E-state index < -0.39 is 0 Å². The first-order chi connectivity index (χ1) is 9.75. The second-order valence-electron chi connectivity index (χ2n) is 5.05. The summed E-state index contributed by atoms with van der Waals surface area (Å²) in [5.74, 6) is 0.582. The van der Waals surface area contributed by atoms with Crippen LogP contribution in [-0.4, -0.2) is 51.5 Å². The molecule has 2 aromatic rings. The number of ether oxygens (including phenoxy) is 1. The van der Waals surface area contributed by atoms with Gasteiger partial charge in [0.15, 0.2) is 17.0 Å². The van der Waals surface area contributed by atoms with E-state index in [4.69, 9.17) is 4.74 Å². The maximum atomic E-state index is 5.78. The van der Waals surface area contributed by atoms with Crippen LogP contribution in [0.1, 0.15) is 25.5 Å². The maximum Gasteiger partial charge on any atom is 0.184 e. The van der Waals surface area contributed by atoms with Crippen LogP contribution in [0, 0.1) is 0 Å².